The molecule has 0 aromatic heterocycles. The molecule has 1 rings (SSSR count). The number of hydrogen-bond acceptors (Lipinski definition) is 3. The second-order valence-electron chi connectivity index (χ2n) is 3.75. The minimum atomic E-state index is 0.136. The van der Waals surface area contributed by atoms with Crippen LogP contribution in [0, 0.1) is 0 Å². The number of halogens is 1. The summed E-state index contributed by atoms with van der Waals surface area (Å²) in [5, 5.41) is 8.18. The van der Waals surface area contributed by atoms with Crippen molar-refractivity contribution in [2.24, 2.45) is 5.10 Å². The molecule has 18 heavy (non-hydrogen) atoms. The van der Waals surface area contributed by atoms with Crippen molar-refractivity contribution < 1.29 is 4.74 Å². The number of hydrogen-bond donors (Lipinski definition) is 2. The van der Waals surface area contributed by atoms with Crippen LogP contribution in [-0.4, -0.2) is 31.1 Å². The second kappa shape index (κ2) is 8.02. The lowest BCUT2D eigenvalue weighted by molar-refractivity contribution is 0.179. The molecule has 0 radical (unpaired) electrons. The second-order valence-corrected chi connectivity index (χ2v) is 4.60. The molecule has 1 aromatic carbocycles. The van der Waals surface area contributed by atoms with Gasteiger partial charge < -0.3 is 10.1 Å². The maximum atomic E-state index is 5.86. The van der Waals surface area contributed by atoms with Crippen molar-refractivity contribution in [2.75, 3.05) is 13.7 Å². The Morgan fingerprint density at radius 1 is 1.61 bits per heavy atom. The van der Waals surface area contributed by atoms with Gasteiger partial charge in [-0.25, -0.2) is 0 Å². The molecule has 0 fully saturated rings. The van der Waals surface area contributed by atoms with Crippen LogP contribution >= 0.6 is 23.8 Å². The van der Waals surface area contributed by atoms with Crippen LogP contribution in [0.5, 0.6) is 0 Å². The smallest absolute Gasteiger partial charge is 0.187 e. The quantitative estimate of drug-likeness (QED) is 0.494. The highest BCUT2D eigenvalue weighted by molar-refractivity contribution is 7.80. The Labute approximate surface area is 117 Å². The molecule has 0 unspecified atom stereocenters. The van der Waals surface area contributed by atoms with Crippen LogP contribution in [0.2, 0.25) is 5.02 Å². The molecule has 1 aromatic rings. The third kappa shape index (κ3) is 5.95. The van der Waals surface area contributed by atoms with Crippen LogP contribution in [0.1, 0.15) is 12.5 Å². The summed E-state index contributed by atoms with van der Waals surface area (Å²) in [6.45, 7) is 2.55. The van der Waals surface area contributed by atoms with Gasteiger partial charge in [0.2, 0.25) is 0 Å². The first-order valence-corrected chi connectivity index (χ1v) is 6.24. The van der Waals surface area contributed by atoms with E-state index in [1.165, 1.54) is 0 Å². The molecule has 0 spiro atoms. The van der Waals surface area contributed by atoms with Gasteiger partial charge in [-0.3, -0.25) is 5.43 Å². The third-order valence-corrected chi connectivity index (χ3v) is 2.47. The summed E-state index contributed by atoms with van der Waals surface area (Å²) in [6, 6.07) is 7.53. The molecule has 2 N–H and O–H groups in total. The Balaban J connectivity index is 2.38. The highest BCUT2D eigenvalue weighted by Gasteiger charge is 2.01. The number of ether oxygens (including phenoxy) is 1. The summed E-state index contributed by atoms with van der Waals surface area (Å²) < 4.78 is 4.99. The van der Waals surface area contributed by atoms with Crippen molar-refractivity contribution in [1.29, 1.82) is 0 Å². The van der Waals surface area contributed by atoms with Crippen LogP contribution in [0.4, 0.5) is 0 Å². The van der Waals surface area contributed by atoms with Gasteiger partial charge in [0.05, 0.1) is 12.8 Å². The van der Waals surface area contributed by atoms with Gasteiger partial charge in [-0.1, -0.05) is 23.7 Å². The fourth-order valence-corrected chi connectivity index (χ4v) is 1.75. The summed E-state index contributed by atoms with van der Waals surface area (Å²) in [5.41, 5.74) is 3.64. The van der Waals surface area contributed by atoms with Gasteiger partial charge in [0, 0.05) is 18.2 Å². The van der Waals surface area contributed by atoms with E-state index in [1.807, 2.05) is 31.2 Å². The molecule has 98 valence electrons. The highest BCUT2D eigenvalue weighted by Crippen LogP contribution is 2.08. The van der Waals surface area contributed by atoms with Gasteiger partial charge >= 0.3 is 0 Å². The maximum Gasteiger partial charge on any atom is 0.187 e. The average Bonchev–Trinajstić information content (AvgIpc) is 2.29. The number of thiocarbonyl (C=S) groups is 1. The summed E-state index contributed by atoms with van der Waals surface area (Å²) >= 11 is 10.9. The summed E-state index contributed by atoms with van der Waals surface area (Å²) in [4.78, 5) is 0. The third-order valence-electron chi connectivity index (χ3n) is 2.02. The van der Waals surface area contributed by atoms with E-state index in [0.29, 0.717) is 16.7 Å². The van der Waals surface area contributed by atoms with Gasteiger partial charge in [0.1, 0.15) is 0 Å². The maximum absolute atomic E-state index is 5.86. The molecule has 1 atom stereocenters. The van der Waals surface area contributed by atoms with E-state index in [1.54, 1.807) is 13.3 Å². The van der Waals surface area contributed by atoms with E-state index in [2.05, 4.69) is 15.8 Å². The fraction of sp³-hybridized carbons (Fsp3) is 0.333. The van der Waals surface area contributed by atoms with Crippen molar-refractivity contribution >= 4 is 35.1 Å². The number of methoxy groups -OCH3 is 1. The molecule has 4 nitrogen and oxygen atoms in total. The number of rotatable bonds is 5. The summed E-state index contributed by atoms with van der Waals surface area (Å²) in [6.07, 6.45) is 1.65. The van der Waals surface area contributed by atoms with Crippen LogP contribution in [0.3, 0.4) is 0 Å². The number of nitrogens with zero attached hydrogens (tertiary/aromatic N) is 1. The Hall–Kier alpha value is -1.17. The Morgan fingerprint density at radius 3 is 3.06 bits per heavy atom. The minimum absolute atomic E-state index is 0.136. The summed E-state index contributed by atoms with van der Waals surface area (Å²) in [5.74, 6) is 0. The molecular formula is C12H16ClN3OS. The lowest BCUT2D eigenvalue weighted by Gasteiger charge is -2.13. The predicted octanol–water partition coefficient (Wildman–Crippen LogP) is 2.17. The standard InChI is InChI=1S/C12H16ClN3OS/c1-9(8-17-2)15-12(18)16-14-7-10-4-3-5-11(13)6-10/h3-7,9H,8H2,1-2H3,(H2,15,16,18)/b14-7-/t9-/m1/s1. The first-order chi connectivity index (χ1) is 8.61. The molecule has 0 aliphatic rings. The molecule has 0 saturated heterocycles. The highest BCUT2D eigenvalue weighted by atomic mass is 35.5. The first-order valence-electron chi connectivity index (χ1n) is 5.46. The van der Waals surface area contributed by atoms with E-state index in [4.69, 9.17) is 28.6 Å². The number of nitrogens with one attached hydrogen (secondary N) is 2. The van der Waals surface area contributed by atoms with Gasteiger partial charge in [0.25, 0.3) is 0 Å². The average molecular weight is 286 g/mol. The molecule has 0 heterocycles. The predicted molar refractivity (Wildman–Crippen MR) is 79.3 cm³/mol. The largest absolute Gasteiger partial charge is 0.383 e. The van der Waals surface area contributed by atoms with Crippen molar-refractivity contribution in [1.82, 2.24) is 10.7 Å². The van der Waals surface area contributed by atoms with Crippen molar-refractivity contribution in [3.8, 4) is 0 Å². The van der Waals surface area contributed by atoms with Crippen LogP contribution in [-0.2, 0) is 4.74 Å². The topological polar surface area (TPSA) is 45.6 Å². The van der Waals surface area contributed by atoms with Gasteiger partial charge in [-0.05, 0) is 36.8 Å². The first kappa shape index (κ1) is 14.9. The molecule has 0 saturated carbocycles. The van der Waals surface area contributed by atoms with E-state index >= 15 is 0 Å². The molecule has 0 bridgehead atoms. The van der Waals surface area contributed by atoms with Crippen LogP contribution in [0.15, 0.2) is 29.4 Å². The van der Waals surface area contributed by atoms with E-state index in [9.17, 15) is 0 Å². The lowest BCUT2D eigenvalue weighted by Crippen LogP contribution is -2.40. The van der Waals surface area contributed by atoms with Gasteiger partial charge in [0.15, 0.2) is 5.11 Å². The summed E-state index contributed by atoms with van der Waals surface area (Å²) in [7, 11) is 1.64. The number of benzene rings is 1. The lowest BCUT2D eigenvalue weighted by atomic mass is 10.2. The SMILES string of the molecule is COC[C@@H](C)NC(=S)N/N=C\c1cccc(Cl)c1. The zero-order chi connectivity index (χ0) is 13.4. The molecule has 0 aliphatic heterocycles. The van der Waals surface area contributed by atoms with Crippen molar-refractivity contribution in [2.45, 2.75) is 13.0 Å². The monoisotopic (exact) mass is 285 g/mol. The van der Waals surface area contributed by atoms with E-state index in [0.717, 1.165) is 5.56 Å². The normalized spacial score (nSPS) is 12.4. The molecule has 6 heteroatoms. The Morgan fingerprint density at radius 2 is 2.39 bits per heavy atom. The Bertz CT molecular complexity index is 426. The zero-order valence-corrected chi connectivity index (χ0v) is 11.9. The van der Waals surface area contributed by atoms with E-state index < -0.39 is 0 Å². The van der Waals surface area contributed by atoms with Crippen LogP contribution < -0.4 is 10.7 Å². The minimum Gasteiger partial charge on any atom is -0.383 e. The zero-order valence-electron chi connectivity index (χ0n) is 10.3. The fourth-order valence-electron chi connectivity index (χ4n) is 1.30. The molecule has 0 amide bonds. The molecular weight excluding hydrogens is 270 g/mol. The number of hydrazone groups is 1. The van der Waals surface area contributed by atoms with Crippen molar-refractivity contribution in [3.05, 3.63) is 34.9 Å². The molecule has 0 aliphatic carbocycles. The van der Waals surface area contributed by atoms with Crippen LogP contribution in [0.25, 0.3) is 0 Å². The van der Waals surface area contributed by atoms with Crippen molar-refractivity contribution in [3.63, 3.8) is 0 Å². The van der Waals surface area contributed by atoms with E-state index in [-0.39, 0.29) is 6.04 Å². The Kier molecular flexibility index (Phi) is 6.64. The van der Waals surface area contributed by atoms with Gasteiger partial charge in [-0.2, -0.15) is 5.10 Å². The van der Waals surface area contributed by atoms with Gasteiger partial charge in [-0.15, -0.1) is 0 Å².